The van der Waals surface area contributed by atoms with Gasteiger partial charge in [0.2, 0.25) is 5.91 Å². The number of halogens is 2. The second-order valence-corrected chi connectivity index (χ2v) is 6.33. The van der Waals surface area contributed by atoms with Gasteiger partial charge in [-0.15, -0.1) is 0 Å². The zero-order valence-corrected chi connectivity index (χ0v) is 14.2. The number of nitrogens with zero attached hydrogens (tertiary/aromatic N) is 1. The van der Waals surface area contributed by atoms with E-state index in [-0.39, 0.29) is 18.0 Å². The summed E-state index contributed by atoms with van der Waals surface area (Å²) in [4.78, 5) is 12.1. The predicted octanol–water partition coefficient (Wildman–Crippen LogP) is 4.53. The summed E-state index contributed by atoms with van der Waals surface area (Å²) in [6.07, 6.45) is 0.0189. The van der Waals surface area contributed by atoms with E-state index < -0.39 is 5.82 Å². The van der Waals surface area contributed by atoms with E-state index >= 15 is 0 Å². The van der Waals surface area contributed by atoms with E-state index in [0.717, 1.165) is 16.5 Å². The molecule has 1 N–H and O–H groups in total. The zero-order chi connectivity index (χ0) is 16.6. The average Bonchev–Trinajstić information content (AvgIpc) is 2.85. The number of carbonyl (C=O) groups excluding carboxylic acids is 1. The maximum atomic E-state index is 13.8. The third-order valence-corrected chi connectivity index (χ3v) is 4.19. The molecule has 118 valence electrons. The molecule has 3 rings (SSSR count). The highest BCUT2D eigenvalue weighted by molar-refractivity contribution is 9.10. The molecular weight excluding hydrogens is 363 g/mol. The van der Waals surface area contributed by atoms with Gasteiger partial charge in [-0.1, -0.05) is 21.1 Å². The minimum absolute atomic E-state index is 0.0189. The van der Waals surface area contributed by atoms with Crippen LogP contribution in [0.15, 0.2) is 39.3 Å². The molecule has 4 nitrogen and oxygen atoms in total. The van der Waals surface area contributed by atoms with E-state index in [1.807, 2.05) is 26.0 Å². The molecule has 1 heterocycles. The molecule has 0 atom stereocenters. The highest BCUT2D eigenvalue weighted by atomic mass is 79.9. The lowest BCUT2D eigenvalue weighted by Crippen LogP contribution is -2.15. The fraction of sp³-hybridized carbons (Fsp3) is 0.176. The van der Waals surface area contributed by atoms with Crippen LogP contribution in [-0.4, -0.2) is 11.1 Å². The van der Waals surface area contributed by atoms with Crippen LogP contribution in [0.1, 0.15) is 16.8 Å². The summed E-state index contributed by atoms with van der Waals surface area (Å²) in [6, 6.07) is 8.31. The SMILES string of the molecule is Cc1cc2onc(CC(=O)Nc3ccc(Br)cc3F)c2cc1C. The molecule has 1 amide bonds. The Morgan fingerprint density at radius 1 is 1.26 bits per heavy atom. The lowest BCUT2D eigenvalue weighted by molar-refractivity contribution is -0.115. The van der Waals surface area contributed by atoms with Crippen LogP contribution in [0.3, 0.4) is 0 Å². The molecule has 23 heavy (non-hydrogen) atoms. The van der Waals surface area contributed by atoms with Crippen molar-refractivity contribution in [2.75, 3.05) is 5.32 Å². The third kappa shape index (κ3) is 3.27. The summed E-state index contributed by atoms with van der Waals surface area (Å²) < 4.78 is 19.6. The van der Waals surface area contributed by atoms with Gasteiger partial charge in [0.05, 0.1) is 12.1 Å². The Morgan fingerprint density at radius 2 is 2.00 bits per heavy atom. The first-order chi connectivity index (χ1) is 10.9. The fourth-order valence-electron chi connectivity index (χ4n) is 2.31. The number of anilines is 1. The second-order valence-electron chi connectivity index (χ2n) is 5.41. The van der Waals surface area contributed by atoms with Crippen molar-refractivity contribution in [1.29, 1.82) is 0 Å². The van der Waals surface area contributed by atoms with Crippen LogP contribution in [0, 0.1) is 19.7 Å². The molecule has 3 aromatic rings. The molecule has 0 spiro atoms. The van der Waals surface area contributed by atoms with Crippen molar-refractivity contribution in [3.63, 3.8) is 0 Å². The van der Waals surface area contributed by atoms with Gasteiger partial charge in [0, 0.05) is 9.86 Å². The Hall–Kier alpha value is -2.21. The Kier molecular flexibility index (Phi) is 4.17. The first-order valence-corrected chi connectivity index (χ1v) is 7.84. The van der Waals surface area contributed by atoms with Gasteiger partial charge in [-0.25, -0.2) is 4.39 Å². The van der Waals surface area contributed by atoms with Gasteiger partial charge in [-0.05, 0) is 55.3 Å². The fourth-order valence-corrected chi connectivity index (χ4v) is 2.64. The van der Waals surface area contributed by atoms with Gasteiger partial charge in [0.1, 0.15) is 11.5 Å². The van der Waals surface area contributed by atoms with Gasteiger partial charge in [0.15, 0.2) is 5.58 Å². The topological polar surface area (TPSA) is 55.1 Å². The van der Waals surface area contributed by atoms with Crippen molar-refractivity contribution >= 4 is 38.5 Å². The minimum atomic E-state index is -0.496. The van der Waals surface area contributed by atoms with E-state index in [4.69, 9.17) is 4.52 Å². The van der Waals surface area contributed by atoms with Gasteiger partial charge >= 0.3 is 0 Å². The van der Waals surface area contributed by atoms with Crippen LogP contribution in [0.4, 0.5) is 10.1 Å². The van der Waals surface area contributed by atoms with Crippen LogP contribution < -0.4 is 5.32 Å². The lowest BCUT2D eigenvalue weighted by Gasteiger charge is -2.06. The number of rotatable bonds is 3. The Labute approximate surface area is 140 Å². The van der Waals surface area contributed by atoms with Gasteiger partial charge in [-0.2, -0.15) is 0 Å². The summed E-state index contributed by atoms with van der Waals surface area (Å²) in [6.45, 7) is 3.98. The summed E-state index contributed by atoms with van der Waals surface area (Å²) in [7, 11) is 0. The van der Waals surface area contributed by atoms with Crippen molar-refractivity contribution in [2.24, 2.45) is 0 Å². The second kappa shape index (κ2) is 6.12. The highest BCUT2D eigenvalue weighted by Gasteiger charge is 2.15. The van der Waals surface area contributed by atoms with E-state index in [1.54, 1.807) is 6.07 Å². The number of aryl methyl sites for hydroxylation is 2. The Balaban J connectivity index is 1.81. The molecule has 1 aromatic heterocycles. The van der Waals surface area contributed by atoms with E-state index in [1.165, 1.54) is 12.1 Å². The van der Waals surface area contributed by atoms with Crippen molar-refractivity contribution in [3.05, 3.63) is 57.4 Å². The standard InChI is InChI=1S/C17H14BrFN2O2/c1-9-5-12-15(21-23-16(12)6-10(9)2)8-17(22)20-14-4-3-11(18)7-13(14)19/h3-7H,8H2,1-2H3,(H,20,22). The van der Waals surface area contributed by atoms with E-state index in [9.17, 15) is 9.18 Å². The van der Waals surface area contributed by atoms with Crippen LogP contribution in [0.5, 0.6) is 0 Å². The smallest absolute Gasteiger partial charge is 0.230 e. The summed E-state index contributed by atoms with van der Waals surface area (Å²) >= 11 is 3.18. The molecule has 0 radical (unpaired) electrons. The number of carbonyl (C=O) groups is 1. The molecule has 0 unspecified atom stereocenters. The monoisotopic (exact) mass is 376 g/mol. The predicted molar refractivity (Wildman–Crippen MR) is 89.9 cm³/mol. The first kappa shape index (κ1) is 15.7. The van der Waals surface area contributed by atoms with Crippen molar-refractivity contribution in [2.45, 2.75) is 20.3 Å². The molecule has 0 aliphatic carbocycles. The molecule has 0 bridgehead atoms. The largest absolute Gasteiger partial charge is 0.356 e. The minimum Gasteiger partial charge on any atom is -0.356 e. The first-order valence-electron chi connectivity index (χ1n) is 7.04. The number of nitrogens with one attached hydrogen (secondary N) is 1. The average molecular weight is 377 g/mol. The van der Waals surface area contributed by atoms with Crippen LogP contribution >= 0.6 is 15.9 Å². The van der Waals surface area contributed by atoms with Crippen LogP contribution in [-0.2, 0) is 11.2 Å². The number of aromatic nitrogens is 1. The highest BCUT2D eigenvalue weighted by Crippen LogP contribution is 2.24. The molecule has 0 fully saturated rings. The van der Waals surface area contributed by atoms with Gasteiger partial charge in [0.25, 0.3) is 0 Å². The lowest BCUT2D eigenvalue weighted by atomic mass is 10.1. The van der Waals surface area contributed by atoms with E-state index in [2.05, 4.69) is 26.4 Å². The van der Waals surface area contributed by atoms with Crippen molar-refractivity contribution < 1.29 is 13.7 Å². The number of fused-ring (bicyclic) bond motifs is 1. The van der Waals surface area contributed by atoms with Crippen molar-refractivity contribution in [1.82, 2.24) is 5.16 Å². The molecule has 6 heteroatoms. The number of amides is 1. The summed E-state index contributed by atoms with van der Waals surface area (Å²) in [5, 5.41) is 7.31. The Bertz CT molecular complexity index is 905. The van der Waals surface area contributed by atoms with Crippen molar-refractivity contribution in [3.8, 4) is 0 Å². The van der Waals surface area contributed by atoms with E-state index in [0.29, 0.717) is 15.7 Å². The molecule has 0 aliphatic rings. The van der Waals surface area contributed by atoms with Crippen LogP contribution in [0.25, 0.3) is 11.0 Å². The molecule has 0 saturated carbocycles. The number of hydrogen-bond acceptors (Lipinski definition) is 3. The molecule has 0 aliphatic heterocycles. The Morgan fingerprint density at radius 3 is 2.74 bits per heavy atom. The maximum absolute atomic E-state index is 13.8. The number of hydrogen-bond donors (Lipinski definition) is 1. The zero-order valence-electron chi connectivity index (χ0n) is 12.6. The quantitative estimate of drug-likeness (QED) is 0.730. The van der Waals surface area contributed by atoms with Gasteiger partial charge < -0.3 is 9.84 Å². The molecule has 0 saturated heterocycles. The van der Waals surface area contributed by atoms with Crippen LogP contribution in [0.2, 0.25) is 0 Å². The normalized spacial score (nSPS) is 11.0. The molecule has 2 aromatic carbocycles. The molecular formula is C17H14BrFN2O2. The maximum Gasteiger partial charge on any atom is 0.230 e. The number of benzene rings is 2. The third-order valence-electron chi connectivity index (χ3n) is 3.69. The summed E-state index contributed by atoms with van der Waals surface area (Å²) in [5.74, 6) is -0.844. The summed E-state index contributed by atoms with van der Waals surface area (Å²) in [5.41, 5.74) is 3.52. The van der Waals surface area contributed by atoms with Gasteiger partial charge in [-0.3, -0.25) is 4.79 Å².